The van der Waals surface area contributed by atoms with Crippen LogP contribution in [0.1, 0.15) is 31.2 Å². The lowest BCUT2D eigenvalue weighted by molar-refractivity contribution is 0.156. The van der Waals surface area contributed by atoms with E-state index in [4.69, 9.17) is 0 Å². The van der Waals surface area contributed by atoms with Gasteiger partial charge in [-0.1, -0.05) is 0 Å². The standard InChI is InChI=1S/C7H11N3O/c11-6-3-1-2-4-10-5-8-9-7(6)10/h5-6,11H,1-4H2/t6-/m1/s1. The molecule has 0 aromatic carbocycles. The van der Waals surface area contributed by atoms with Gasteiger partial charge in [-0.3, -0.25) is 0 Å². The Bertz CT molecular complexity index is 246. The molecule has 60 valence electrons. The van der Waals surface area contributed by atoms with Crippen LogP contribution in [0.25, 0.3) is 0 Å². The Hall–Kier alpha value is -0.900. The van der Waals surface area contributed by atoms with Crippen molar-refractivity contribution < 1.29 is 5.11 Å². The maximum atomic E-state index is 9.51. The summed E-state index contributed by atoms with van der Waals surface area (Å²) in [5.74, 6) is 0.725. The molecule has 0 unspecified atom stereocenters. The van der Waals surface area contributed by atoms with Crippen LogP contribution in [0.2, 0.25) is 0 Å². The highest BCUT2D eigenvalue weighted by Crippen LogP contribution is 2.20. The zero-order valence-electron chi connectivity index (χ0n) is 6.27. The van der Waals surface area contributed by atoms with Crippen molar-refractivity contribution in [1.29, 1.82) is 0 Å². The molecule has 4 nitrogen and oxygen atoms in total. The third kappa shape index (κ3) is 1.14. The summed E-state index contributed by atoms with van der Waals surface area (Å²) in [6.45, 7) is 0.944. The minimum atomic E-state index is -0.403. The van der Waals surface area contributed by atoms with E-state index in [2.05, 4.69) is 10.2 Å². The van der Waals surface area contributed by atoms with Crippen molar-refractivity contribution in [3.8, 4) is 0 Å². The molecule has 0 fully saturated rings. The monoisotopic (exact) mass is 153 g/mol. The molecule has 0 saturated carbocycles. The highest BCUT2D eigenvalue weighted by Gasteiger charge is 2.17. The molecule has 0 spiro atoms. The largest absolute Gasteiger partial charge is 0.385 e. The lowest BCUT2D eigenvalue weighted by Gasteiger charge is -2.04. The fraction of sp³-hybridized carbons (Fsp3) is 0.714. The third-order valence-electron chi connectivity index (χ3n) is 2.07. The van der Waals surface area contributed by atoms with Gasteiger partial charge in [-0.15, -0.1) is 10.2 Å². The van der Waals surface area contributed by atoms with E-state index in [1.54, 1.807) is 6.33 Å². The number of aryl methyl sites for hydroxylation is 1. The number of aromatic nitrogens is 3. The van der Waals surface area contributed by atoms with Gasteiger partial charge in [0, 0.05) is 6.54 Å². The summed E-state index contributed by atoms with van der Waals surface area (Å²) in [5.41, 5.74) is 0. The van der Waals surface area contributed by atoms with Crippen LogP contribution in [0.15, 0.2) is 6.33 Å². The van der Waals surface area contributed by atoms with Crippen LogP contribution in [0.5, 0.6) is 0 Å². The predicted octanol–water partition coefficient (Wildman–Crippen LogP) is 0.495. The maximum Gasteiger partial charge on any atom is 0.161 e. The highest BCUT2D eigenvalue weighted by molar-refractivity contribution is 4.92. The molecule has 2 heterocycles. The summed E-state index contributed by atoms with van der Waals surface area (Å²) in [6, 6.07) is 0. The lowest BCUT2D eigenvalue weighted by Crippen LogP contribution is -2.04. The van der Waals surface area contributed by atoms with Crippen LogP contribution in [0.4, 0.5) is 0 Å². The normalized spacial score (nSPS) is 24.3. The summed E-state index contributed by atoms with van der Waals surface area (Å²) in [5, 5.41) is 17.1. The smallest absolute Gasteiger partial charge is 0.161 e. The first-order valence-corrected chi connectivity index (χ1v) is 3.93. The van der Waals surface area contributed by atoms with Gasteiger partial charge in [0.15, 0.2) is 5.82 Å². The number of hydrogen-bond donors (Lipinski definition) is 1. The molecule has 1 aromatic rings. The number of rotatable bonds is 0. The van der Waals surface area contributed by atoms with Crippen molar-refractivity contribution >= 4 is 0 Å². The maximum absolute atomic E-state index is 9.51. The first-order chi connectivity index (χ1) is 5.38. The van der Waals surface area contributed by atoms with Crippen molar-refractivity contribution in [2.45, 2.75) is 31.9 Å². The van der Waals surface area contributed by atoms with Crippen molar-refractivity contribution in [2.75, 3.05) is 0 Å². The molecule has 1 aromatic heterocycles. The van der Waals surface area contributed by atoms with Crippen LogP contribution in [-0.2, 0) is 6.54 Å². The van der Waals surface area contributed by atoms with E-state index in [9.17, 15) is 5.11 Å². The summed E-state index contributed by atoms with van der Waals surface area (Å²) >= 11 is 0. The summed E-state index contributed by atoms with van der Waals surface area (Å²) in [6.07, 6.45) is 4.29. The van der Waals surface area contributed by atoms with Crippen LogP contribution in [0.3, 0.4) is 0 Å². The van der Waals surface area contributed by atoms with E-state index in [1.165, 1.54) is 0 Å². The van der Waals surface area contributed by atoms with Crippen molar-refractivity contribution in [3.63, 3.8) is 0 Å². The molecule has 0 amide bonds. The number of aliphatic hydroxyl groups excluding tert-OH is 1. The molecule has 0 saturated heterocycles. The quantitative estimate of drug-likeness (QED) is 0.590. The molecule has 1 N–H and O–H groups in total. The van der Waals surface area contributed by atoms with E-state index in [-0.39, 0.29) is 0 Å². The zero-order valence-corrected chi connectivity index (χ0v) is 6.27. The molecule has 1 aliphatic rings. The van der Waals surface area contributed by atoms with Gasteiger partial charge in [-0.05, 0) is 19.3 Å². The first kappa shape index (κ1) is 6.79. The first-order valence-electron chi connectivity index (χ1n) is 3.93. The molecular weight excluding hydrogens is 142 g/mol. The summed E-state index contributed by atoms with van der Waals surface area (Å²) in [7, 11) is 0. The van der Waals surface area contributed by atoms with E-state index in [0.29, 0.717) is 0 Å². The van der Waals surface area contributed by atoms with Gasteiger partial charge in [0.2, 0.25) is 0 Å². The van der Waals surface area contributed by atoms with Crippen LogP contribution in [0, 0.1) is 0 Å². The second-order valence-corrected chi connectivity index (χ2v) is 2.89. The Morgan fingerprint density at radius 1 is 1.55 bits per heavy atom. The van der Waals surface area contributed by atoms with Crippen LogP contribution < -0.4 is 0 Å². The Kier molecular flexibility index (Phi) is 1.62. The molecule has 4 heteroatoms. The molecule has 2 rings (SSSR count). The van der Waals surface area contributed by atoms with Gasteiger partial charge in [0.25, 0.3) is 0 Å². The summed E-state index contributed by atoms with van der Waals surface area (Å²) < 4.78 is 1.93. The molecule has 0 radical (unpaired) electrons. The third-order valence-corrected chi connectivity index (χ3v) is 2.07. The second-order valence-electron chi connectivity index (χ2n) is 2.89. The molecule has 1 atom stereocenters. The molecule has 0 aliphatic carbocycles. The minimum Gasteiger partial charge on any atom is -0.385 e. The minimum absolute atomic E-state index is 0.403. The highest BCUT2D eigenvalue weighted by atomic mass is 16.3. The van der Waals surface area contributed by atoms with Crippen LogP contribution >= 0.6 is 0 Å². The molecule has 11 heavy (non-hydrogen) atoms. The number of fused-ring (bicyclic) bond motifs is 1. The van der Waals surface area contributed by atoms with Gasteiger partial charge in [-0.2, -0.15) is 0 Å². The average molecular weight is 153 g/mol. The number of hydrogen-bond acceptors (Lipinski definition) is 3. The molecule has 1 aliphatic heterocycles. The number of nitrogens with zero attached hydrogens (tertiary/aromatic N) is 3. The van der Waals surface area contributed by atoms with Gasteiger partial charge >= 0.3 is 0 Å². The predicted molar refractivity (Wildman–Crippen MR) is 38.8 cm³/mol. The van der Waals surface area contributed by atoms with Crippen LogP contribution in [-0.4, -0.2) is 19.9 Å². The van der Waals surface area contributed by atoms with Crippen molar-refractivity contribution in [3.05, 3.63) is 12.2 Å². The van der Waals surface area contributed by atoms with Gasteiger partial charge in [-0.25, -0.2) is 0 Å². The fourth-order valence-corrected chi connectivity index (χ4v) is 1.44. The fourth-order valence-electron chi connectivity index (χ4n) is 1.44. The molecule has 0 bridgehead atoms. The van der Waals surface area contributed by atoms with Gasteiger partial charge in [0.1, 0.15) is 12.4 Å². The topological polar surface area (TPSA) is 50.9 Å². The lowest BCUT2D eigenvalue weighted by atomic mass is 10.2. The van der Waals surface area contributed by atoms with Gasteiger partial charge in [0.05, 0.1) is 0 Å². The Balaban J connectivity index is 2.34. The Morgan fingerprint density at radius 2 is 2.45 bits per heavy atom. The summed E-state index contributed by atoms with van der Waals surface area (Å²) in [4.78, 5) is 0. The number of aliphatic hydroxyl groups is 1. The van der Waals surface area contributed by atoms with Crippen molar-refractivity contribution in [2.24, 2.45) is 0 Å². The van der Waals surface area contributed by atoms with E-state index < -0.39 is 6.10 Å². The second kappa shape index (κ2) is 2.62. The SMILES string of the molecule is O[C@@H]1CCCCn2cnnc21. The zero-order chi connectivity index (χ0) is 7.68. The van der Waals surface area contributed by atoms with E-state index in [0.717, 1.165) is 31.6 Å². The average Bonchev–Trinajstić information content (AvgIpc) is 2.40. The Morgan fingerprint density at radius 3 is 3.36 bits per heavy atom. The van der Waals surface area contributed by atoms with Gasteiger partial charge < -0.3 is 9.67 Å². The van der Waals surface area contributed by atoms with Crippen molar-refractivity contribution in [1.82, 2.24) is 14.8 Å². The van der Waals surface area contributed by atoms with E-state index in [1.807, 2.05) is 4.57 Å². The Labute approximate surface area is 64.9 Å². The molecular formula is C7H11N3O. The van der Waals surface area contributed by atoms with E-state index >= 15 is 0 Å².